The van der Waals surface area contributed by atoms with Crippen LogP contribution in [-0.2, 0) is 94.2 Å². The van der Waals surface area contributed by atoms with E-state index in [9.17, 15) is 0 Å². The molecular formula is C128H138O4Si4. The molecule has 0 bridgehead atoms. The van der Waals surface area contributed by atoms with Crippen molar-refractivity contribution in [1.82, 2.24) is 0 Å². The van der Waals surface area contributed by atoms with Crippen molar-refractivity contribution in [1.29, 1.82) is 0 Å². The Morgan fingerprint density at radius 3 is 0.390 bits per heavy atom. The predicted molar refractivity (Wildman–Crippen MR) is 581 cm³/mol. The first kappa shape index (κ1) is 96.7. The van der Waals surface area contributed by atoms with E-state index < -0.39 is 33.3 Å². The molecule has 0 aromatic heterocycles. The molecule has 0 radical (unpaired) electrons. The number of benzene rings is 16. The van der Waals surface area contributed by atoms with Crippen molar-refractivity contribution in [2.45, 2.75) is 202 Å². The topological polar surface area (TPSA) is 36.9 Å². The minimum absolute atomic E-state index is 0.122. The molecule has 0 aliphatic carbocycles. The van der Waals surface area contributed by atoms with Gasteiger partial charge in [0.15, 0.2) is 0 Å². The van der Waals surface area contributed by atoms with E-state index in [0.717, 1.165) is 108 Å². The van der Waals surface area contributed by atoms with E-state index in [0.29, 0.717) is 0 Å². The highest BCUT2D eigenvalue weighted by molar-refractivity contribution is 6.74. The highest BCUT2D eigenvalue weighted by Crippen LogP contribution is 2.48. The lowest BCUT2D eigenvalue weighted by atomic mass is 9.76. The highest BCUT2D eigenvalue weighted by atomic mass is 28.4. The summed E-state index contributed by atoms with van der Waals surface area (Å²) in [5.41, 5.74) is 24.1. The zero-order valence-corrected chi connectivity index (χ0v) is 86.3. The van der Waals surface area contributed by atoms with Gasteiger partial charge < -0.3 is 17.7 Å². The van der Waals surface area contributed by atoms with Gasteiger partial charge in [0.05, 0.1) is 0 Å². The molecule has 16 rings (SSSR count). The fourth-order valence-electron chi connectivity index (χ4n) is 20.9. The van der Waals surface area contributed by atoms with Gasteiger partial charge in [-0.2, -0.15) is 0 Å². The van der Waals surface area contributed by atoms with Crippen molar-refractivity contribution < 1.29 is 17.7 Å². The fourth-order valence-corrected chi connectivity index (χ4v) is 37.6. The van der Waals surface area contributed by atoms with E-state index in [1.165, 1.54) is 111 Å². The third-order valence-corrected chi connectivity index (χ3v) is 42.6. The maximum Gasteiger partial charge on any atom is 0.264 e. The van der Waals surface area contributed by atoms with Crippen LogP contribution in [0.1, 0.15) is 219 Å². The summed E-state index contributed by atoms with van der Waals surface area (Å²) < 4.78 is 33.3. The van der Waals surface area contributed by atoms with E-state index >= 15 is 0 Å². The first-order valence-corrected chi connectivity index (χ1v) is 59.6. The van der Waals surface area contributed by atoms with Gasteiger partial charge in [-0.1, -0.05) is 496 Å². The Hall–Kier alpha value is -12.4. The molecule has 4 nitrogen and oxygen atoms in total. The summed E-state index contributed by atoms with van der Waals surface area (Å²) in [6.07, 6.45) is 1.58. The quantitative estimate of drug-likeness (QED) is 0.0360. The molecule has 690 valence electrons. The van der Waals surface area contributed by atoms with Crippen molar-refractivity contribution in [2.24, 2.45) is 0 Å². The molecule has 0 atom stereocenters. The van der Waals surface area contributed by atoms with Crippen molar-refractivity contribution in [3.63, 3.8) is 0 Å². The van der Waals surface area contributed by atoms with Gasteiger partial charge in [-0.05, 0) is 170 Å². The molecule has 0 saturated heterocycles. The van der Waals surface area contributed by atoms with Crippen LogP contribution >= 0.6 is 0 Å². The van der Waals surface area contributed by atoms with Gasteiger partial charge in [0.25, 0.3) is 33.3 Å². The first-order chi connectivity index (χ1) is 65.7. The predicted octanol–water partition coefficient (Wildman–Crippen LogP) is 31.3. The number of rotatable bonds is 39. The Bertz CT molecular complexity index is 5230. The Morgan fingerprint density at radius 1 is 0.162 bits per heavy atom. The summed E-state index contributed by atoms with van der Waals surface area (Å²) in [6, 6.07) is 174. The molecule has 0 heterocycles. The maximum absolute atomic E-state index is 8.32. The molecule has 0 saturated carbocycles. The zero-order chi connectivity index (χ0) is 94.7. The number of hydrogen-bond acceptors (Lipinski definition) is 4. The highest BCUT2D eigenvalue weighted by Gasteiger charge is 2.45. The monoisotopic (exact) mass is 1850 g/mol. The Balaban J connectivity index is 0.905. The van der Waals surface area contributed by atoms with Crippen LogP contribution in [0.4, 0.5) is 0 Å². The summed E-state index contributed by atoms with van der Waals surface area (Å²) in [7, 11) is -11.7. The van der Waals surface area contributed by atoms with Crippen LogP contribution in [0.2, 0.25) is 0 Å². The first-order valence-electron chi connectivity index (χ1n) is 49.5. The molecule has 0 unspecified atom stereocenters. The lowest BCUT2D eigenvalue weighted by Gasteiger charge is -2.37. The molecule has 0 spiro atoms. The summed E-state index contributed by atoms with van der Waals surface area (Å²) in [5.74, 6) is 3.64. The standard InChI is InChI=1S/C128H138O4Si4/c1-125(2,3)117-83-111(73-79-121(117)129-133(87-99-49-25-13-26-50-99,88-100-51-27-14-28-52-100)89-101-53-29-15-30-54-101)115(112-74-80-122(118(84-112)126(4,5)6)130-134(90-102-55-31-16-32-56-102,91-103-57-33-17-34-58-103)92-104-59-35-18-36-60-104)77-78-116(113-75-81-123(119(85-113)127(7,8)9)131-135(93-105-61-37-19-38-62-105,94-106-63-39-20-40-64-106)95-107-65-41-21-42-66-107)114-76-82-124(120(86-114)128(10,11)12)132-136(96-108-67-43-22-44-68-108,97-109-69-45-23-46-70-109)98-110-71-47-24-48-72-110/h13-76,79-86,115-116H,77-78,87-98H2,1-12H3. The molecule has 0 N–H and O–H groups in total. The SMILES string of the molecule is CC(C)(C)c1cc(C(CCC(c2ccc(O[Si](Cc3ccccc3)(Cc3ccccc3)Cc3ccccc3)c(C(C)(C)C)c2)c2ccc(O[Si](Cc3ccccc3)(Cc3ccccc3)Cc3ccccc3)c(C(C)(C)C)c2)c2ccc(O[Si](Cc3ccccc3)(Cc3ccccc3)Cc3ccccc3)c(C(C)(C)C)c2)ccc1O[Si](Cc1ccccc1)(Cc1ccccc1)Cc1ccccc1. The van der Waals surface area contributed by atoms with Crippen LogP contribution in [0.15, 0.2) is 437 Å². The van der Waals surface area contributed by atoms with Gasteiger partial charge in [0, 0.05) is 84.4 Å². The van der Waals surface area contributed by atoms with Gasteiger partial charge in [-0.25, -0.2) is 0 Å². The van der Waals surface area contributed by atoms with Crippen molar-refractivity contribution in [3.05, 3.63) is 548 Å². The van der Waals surface area contributed by atoms with E-state index in [2.05, 4.69) is 520 Å². The Kier molecular flexibility index (Phi) is 31.1. The van der Waals surface area contributed by atoms with Crippen LogP contribution in [0.5, 0.6) is 23.0 Å². The summed E-state index contributed by atoms with van der Waals surface area (Å²) >= 11 is 0. The van der Waals surface area contributed by atoms with Crippen molar-refractivity contribution in [3.8, 4) is 23.0 Å². The van der Waals surface area contributed by atoms with Gasteiger partial charge in [0.2, 0.25) is 0 Å². The second-order valence-corrected chi connectivity index (χ2v) is 57.3. The smallest absolute Gasteiger partial charge is 0.264 e. The molecule has 0 fully saturated rings. The maximum atomic E-state index is 8.32. The Labute approximate surface area is 817 Å². The Morgan fingerprint density at radius 2 is 0.279 bits per heavy atom. The lowest BCUT2D eigenvalue weighted by Crippen LogP contribution is -2.50. The fraction of sp³-hybridized carbons (Fsp3) is 0.250. The van der Waals surface area contributed by atoms with Crippen LogP contribution < -0.4 is 17.7 Å². The summed E-state index contributed by atoms with van der Waals surface area (Å²) in [6.45, 7) is 28.8. The van der Waals surface area contributed by atoms with E-state index in [-0.39, 0.29) is 33.5 Å². The molecule has 16 aromatic carbocycles. The van der Waals surface area contributed by atoms with Crippen LogP contribution in [0, 0.1) is 0 Å². The minimum Gasteiger partial charge on any atom is -0.542 e. The van der Waals surface area contributed by atoms with Crippen LogP contribution in [0.25, 0.3) is 0 Å². The van der Waals surface area contributed by atoms with Gasteiger partial charge in [-0.15, -0.1) is 0 Å². The summed E-state index contributed by atoms with van der Waals surface area (Å²) in [4.78, 5) is 0. The minimum atomic E-state index is -2.92. The normalized spacial score (nSPS) is 12.4. The number of hydrogen-bond donors (Lipinski definition) is 0. The van der Waals surface area contributed by atoms with Gasteiger partial charge >= 0.3 is 0 Å². The lowest BCUT2D eigenvalue weighted by molar-refractivity contribution is 0.483. The molecular weight excluding hydrogens is 1710 g/mol. The van der Waals surface area contributed by atoms with Gasteiger partial charge in [-0.3, -0.25) is 0 Å². The molecule has 136 heavy (non-hydrogen) atoms. The van der Waals surface area contributed by atoms with Crippen molar-refractivity contribution in [2.75, 3.05) is 0 Å². The third kappa shape index (κ3) is 26.0. The third-order valence-electron chi connectivity index (χ3n) is 27.3. The van der Waals surface area contributed by atoms with Crippen LogP contribution in [0.3, 0.4) is 0 Å². The average Bonchev–Trinajstić information content (AvgIpc) is 0.769. The van der Waals surface area contributed by atoms with E-state index in [1.807, 2.05) is 0 Å². The molecule has 0 amide bonds. The zero-order valence-electron chi connectivity index (χ0n) is 82.3. The average molecular weight is 1850 g/mol. The molecule has 8 heteroatoms. The molecule has 16 aromatic rings. The van der Waals surface area contributed by atoms with Crippen LogP contribution in [-0.4, -0.2) is 33.3 Å². The second kappa shape index (κ2) is 43.7. The molecule has 0 aliphatic heterocycles. The van der Waals surface area contributed by atoms with E-state index in [4.69, 9.17) is 17.7 Å². The molecule has 0 aliphatic rings. The largest absolute Gasteiger partial charge is 0.542 e. The second-order valence-electron chi connectivity index (χ2n) is 42.8. The van der Waals surface area contributed by atoms with E-state index in [1.54, 1.807) is 0 Å². The summed E-state index contributed by atoms with van der Waals surface area (Å²) in [5, 5.41) is 0. The van der Waals surface area contributed by atoms with Crippen molar-refractivity contribution >= 4 is 33.3 Å². The van der Waals surface area contributed by atoms with Gasteiger partial charge in [0.1, 0.15) is 23.0 Å².